The van der Waals surface area contributed by atoms with Crippen molar-refractivity contribution in [2.45, 2.75) is 19.3 Å². The quantitative estimate of drug-likeness (QED) is 0.485. The van der Waals surface area contributed by atoms with Gasteiger partial charge in [-0.1, -0.05) is 30.3 Å². The average Bonchev–Trinajstić information content (AvgIpc) is 2.81. The molecule has 32 heavy (non-hydrogen) atoms. The van der Waals surface area contributed by atoms with Crippen LogP contribution in [0.15, 0.2) is 42.5 Å². The first-order chi connectivity index (χ1) is 15.6. The number of aromatic nitrogens is 1. The molecule has 9 heteroatoms. The van der Waals surface area contributed by atoms with Gasteiger partial charge >= 0.3 is 6.09 Å². The molecule has 0 fully saturated rings. The third-order valence-electron chi connectivity index (χ3n) is 5.28. The number of nitrogens with zero attached hydrogens (tertiary/aromatic N) is 1. The molecule has 1 aromatic heterocycles. The summed E-state index contributed by atoms with van der Waals surface area (Å²) in [5, 5.41) is 9.93. The molecule has 3 N–H and O–H groups in total. The van der Waals surface area contributed by atoms with Crippen molar-refractivity contribution < 1.29 is 23.0 Å². The van der Waals surface area contributed by atoms with E-state index in [0.29, 0.717) is 35.4 Å². The summed E-state index contributed by atoms with van der Waals surface area (Å²) in [5.74, 6) is -1.46. The molecule has 0 bridgehead atoms. The van der Waals surface area contributed by atoms with Crippen molar-refractivity contribution in [1.29, 1.82) is 0 Å². The fourth-order valence-electron chi connectivity index (χ4n) is 3.71. The van der Waals surface area contributed by atoms with Gasteiger partial charge in [0.1, 0.15) is 12.4 Å². The molecule has 0 radical (unpaired) electrons. The fourth-order valence-corrected chi connectivity index (χ4v) is 3.71. The summed E-state index contributed by atoms with van der Waals surface area (Å²) in [6.07, 6.45) is -0.544. The van der Waals surface area contributed by atoms with Gasteiger partial charge in [-0.25, -0.2) is 18.6 Å². The Kier molecular flexibility index (Phi) is 6.77. The lowest BCUT2D eigenvalue weighted by Gasteiger charge is -2.27. The summed E-state index contributed by atoms with van der Waals surface area (Å²) in [6, 6.07) is 11.5. The molecule has 2 aromatic carbocycles. The number of nitrogens with one attached hydrogen (secondary N) is 3. The minimum absolute atomic E-state index is 0.172. The summed E-state index contributed by atoms with van der Waals surface area (Å²) >= 11 is 0. The Morgan fingerprint density at radius 1 is 1.16 bits per heavy atom. The van der Waals surface area contributed by atoms with Crippen LogP contribution in [0.2, 0.25) is 0 Å². The van der Waals surface area contributed by atoms with Crippen molar-refractivity contribution in [1.82, 2.24) is 15.6 Å². The molecule has 3 aromatic rings. The van der Waals surface area contributed by atoms with E-state index in [-0.39, 0.29) is 25.8 Å². The van der Waals surface area contributed by atoms with Crippen LogP contribution in [-0.4, -0.2) is 37.8 Å². The normalized spacial score (nSPS) is 15.3. The second-order valence-electron chi connectivity index (χ2n) is 7.40. The SMILES string of the molecule is CN[C@H]1COCc2nc(NCCNC(=O)OCc3ccccc3)c3cc(F)c(F)cc3c21. The molecule has 0 spiro atoms. The van der Waals surface area contributed by atoms with E-state index in [1.54, 1.807) is 7.05 Å². The molecule has 0 unspecified atom stereocenters. The Morgan fingerprint density at radius 3 is 2.66 bits per heavy atom. The standard InChI is InChI=1S/C23H24F2N4O3/c1-26-19-12-31-13-20-21(19)15-9-17(24)18(25)10-16(15)22(29-20)27-7-8-28-23(30)32-11-14-5-3-2-4-6-14/h2-6,9-10,19,26H,7-8,11-13H2,1H3,(H,27,29)(H,28,30)/t19-/m0/s1. The topological polar surface area (TPSA) is 84.5 Å². The maximum atomic E-state index is 14.0. The van der Waals surface area contributed by atoms with Gasteiger partial charge in [0, 0.05) is 24.0 Å². The van der Waals surface area contributed by atoms with Gasteiger partial charge in [-0.3, -0.25) is 0 Å². The second kappa shape index (κ2) is 9.88. The van der Waals surface area contributed by atoms with Crippen LogP contribution in [0, 0.1) is 11.6 Å². The number of carbonyl (C=O) groups is 1. The van der Waals surface area contributed by atoms with Crippen LogP contribution in [0.1, 0.15) is 22.9 Å². The number of alkyl carbamates (subject to hydrolysis) is 1. The lowest BCUT2D eigenvalue weighted by atomic mass is 9.96. The van der Waals surface area contributed by atoms with Gasteiger partial charge in [0.05, 0.1) is 24.9 Å². The van der Waals surface area contributed by atoms with E-state index in [1.807, 2.05) is 30.3 Å². The van der Waals surface area contributed by atoms with E-state index in [0.717, 1.165) is 17.2 Å². The first-order valence-electron chi connectivity index (χ1n) is 10.3. The van der Waals surface area contributed by atoms with Gasteiger partial charge in [-0.2, -0.15) is 0 Å². The molecular formula is C23H24F2N4O3. The number of hydrogen-bond acceptors (Lipinski definition) is 6. The monoisotopic (exact) mass is 442 g/mol. The largest absolute Gasteiger partial charge is 0.445 e. The van der Waals surface area contributed by atoms with E-state index in [4.69, 9.17) is 9.47 Å². The minimum Gasteiger partial charge on any atom is -0.445 e. The van der Waals surface area contributed by atoms with E-state index in [9.17, 15) is 13.6 Å². The zero-order valence-corrected chi connectivity index (χ0v) is 17.6. The molecule has 1 atom stereocenters. The van der Waals surface area contributed by atoms with Gasteiger partial charge in [0.2, 0.25) is 0 Å². The van der Waals surface area contributed by atoms with Crippen molar-refractivity contribution in [2.24, 2.45) is 0 Å². The Labute approximate surface area is 184 Å². The van der Waals surface area contributed by atoms with Crippen LogP contribution < -0.4 is 16.0 Å². The van der Waals surface area contributed by atoms with Crippen LogP contribution in [0.4, 0.5) is 19.4 Å². The molecular weight excluding hydrogens is 418 g/mol. The Morgan fingerprint density at radius 2 is 1.91 bits per heavy atom. The number of likely N-dealkylation sites (N-methyl/N-ethyl adjacent to an activating group) is 1. The van der Waals surface area contributed by atoms with Crippen LogP contribution in [0.3, 0.4) is 0 Å². The third kappa shape index (κ3) is 4.79. The Hall–Kier alpha value is -3.30. The molecule has 0 saturated heterocycles. The maximum Gasteiger partial charge on any atom is 0.407 e. The highest BCUT2D eigenvalue weighted by atomic mass is 19.2. The molecule has 168 valence electrons. The highest BCUT2D eigenvalue weighted by Gasteiger charge is 2.26. The highest BCUT2D eigenvalue weighted by molar-refractivity contribution is 5.95. The molecule has 7 nitrogen and oxygen atoms in total. The van der Waals surface area contributed by atoms with E-state index >= 15 is 0 Å². The lowest BCUT2D eigenvalue weighted by molar-refractivity contribution is 0.0821. The van der Waals surface area contributed by atoms with Crippen molar-refractivity contribution >= 4 is 22.7 Å². The van der Waals surface area contributed by atoms with Gasteiger partial charge in [-0.15, -0.1) is 0 Å². The minimum atomic E-state index is -0.946. The Balaban J connectivity index is 1.44. The number of rotatable bonds is 7. The maximum absolute atomic E-state index is 14.0. The van der Waals surface area contributed by atoms with Crippen LogP contribution >= 0.6 is 0 Å². The zero-order valence-electron chi connectivity index (χ0n) is 17.6. The summed E-state index contributed by atoms with van der Waals surface area (Å²) in [5.41, 5.74) is 2.36. The molecule has 2 heterocycles. The summed E-state index contributed by atoms with van der Waals surface area (Å²) in [7, 11) is 1.78. The van der Waals surface area contributed by atoms with Crippen LogP contribution in [-0.2, 0) is 22.7 Å². The lowest BCUT2D eigenvalue weighted by Crippen LogP contribution is -2.30. The highest BCUT2D eigenvalue weighted by Crippen LogP contribution is 2.35. The summed E-state index contributed by atoms with van der Waals surface area (Å²) < 4.78 is 38.8. The van der Waals surface area contributed by atoms with Gasteiger partial charge in [0.15, 0.2) is 11.6 Å². The smallest absolute Gasteiger partial charge is 0.407 e. The van der Waals surface area contributed by atoms with Crippen molar-refractivity contribution in [3.8, 4) is 0 Å². The summed E-state index contributed by atoms with van der Waals surface area (Å²) in [6.45, 7) is 1.45. The van der Waals surface area contributed by atoms with Gasteiger partial charge in [-0.05, 0) is 30.1 Å². The second-order valence-corrected chi connectivity index (χ2v) is 7.40. The molecule has 0 saturated carbocycles. The number of pyridine rings is 1. The summed E-state index contributed by atoms with van der Waals surface area (Å²) in [4.78, 5) is 16.5. The van der Waals surface area contributed by atoms with Gasteiger partial charge in [0.25, 0.3) is 0 Å². The molecule has 4 rings (SSSR count). The first-order valence-corrected chi connectivity index (χ1v) is 10.3. The predicted octanol–water partition coefficient (Wildman–Crippen LogP) is 3.64. The van der Waals surface area contributed by atoms with Gasteiger partial charge < -0.3 is 25.4 Å². The molecule has 1 amide bonds. The number of benzene rings is 2. The number of anilines is 1. The van der Waals surface area contributed by atoms with Crippen molar-refractivity contribution in [2.75, 3.05) is 32.1 Å². The fraction of sp³-hybridized carbons (Fsp3) is 0.304. The van der Waals surface area contributed by atoms with Crippen LogP contribution in [0.5, 0.6) is 0 Å². The number of fused-ring (bicyclic) bond motifs is 3. The van der Waals surface area contributed by atoms with E-state index < -0.39 is 17.7 Å². The van der Waals surface area contributed by atoms with Crippen molar-refractivity contribution in [3.63, 3.8) is 0 Å². The first kappa shape index (κ1) is 21.9. The van der Waals surface area contributed by atoms with Crippen molar-refractivity contribution in [3.05, 3.63) is 70.9 Å². The molecule has 1 aliphatic heterocycles. The van der Waals surface area contributed by atoms with E-state index in [2.05, 4.69) is 20.9 Å². The van der Waals surface area contributed by atoms with Crippen LogP contribution in [0.25, 0.3) is 10.8 Å². The number of amides is 1. The Bertz CT molecular complexity index is 1110. The number of hydrogen-bond donors (Lipinski definition) is 3. The third-order valence-corrected chi connectivity index (χ3v) is 5.28. The number of carbonyl (C=O) groups excluding carboxylic acids is 1. The molecule has 1 aliphatic rings. The number of ether oxygens (including phenoxy) is 2. The number of halogens is 2. The zero-order chi connectivity index (χ0) is 22.5. The predicted molar refractivity (Wildman–Crippen MR) is 116 cm³/mol. The average molecular weight is 442 g/mol. The molecule has 0 aliphatic carbocycles. The van der Waals surface area contributed by atoms with E-state index in [1.165, 1.54) is 6.07 Å².